The smallest absolute Gasteiger partial charge is 0.311 e. The number of nitrogens with zero attached hydrogens (tertiary/aromatic N) is 1. The Labute approximate surface area is 134 Å². The van der Waals surface area contributed by atoms with Crippen molar-refractivity contribution in [1.29, 1.82) is 0 Å². The van der Waals surface area contributed by atoms with E-state index in [9.17, 15) is 9.59 Å². The lowest BCUT2D eigenvalue weighted by atomic mass is 10.1. The number of furan rings is 1. The Balaban J connectivity index is 1.52. The van der Waals surface area contributed by atoms with Crippen molar-refractivity contribution < 1.29 is 18.7 Å². The third kappa shape index (κ3) is 3.80. The number of likely N-dealkylation sites (tertiary alicyclic amines) is 1. The number of aryl methyl sites for hydroxylation is 1. The van der Waals surface area contributed by atoms with E-state index in [1.807, 2.05) is 37.3 Å². The molecule has 0 saturated carbocycles. The van der Waals surface area contributed by atoms with E-state index < -0.39 is 5.92 Å². The van der Waals surface area contributed by atoms with Gasteiger partial charge in [-0.3, -0.25) is 9.59 Å². The molecule has 2 heterocycles. The van der Waals surface area contributed by atoms with Gasteiger partial charge in [-0.05, 0) is 24.6 Å². The lowest BCUT2D eigenvalue weighted by Gasteiger charge is -2.14. The Morgan fingerprint density at radius 1 is 1.30 bits per heavy atom. The molecule has 23 heavy (non-hydrogen) atoms. The lowest BCUT2D eigenvalue weighted by molar-refractivity contribution is -0.149. The molecule has 0 N–H and O–H groups in total. The first-order chi connectivity index (χ1) is 11.1. The second kappa shape index (κ2) is 6.69. The van der Waals surface area contributed by atoms with Crippen molar-refractivity contribution in [2.75, 3.05) is 6.54 Å². The van der Waals surface area contributed by atoms with Crippen LogP contribution < -0.4 is 0 Å². The first-order valence-corrected chi connectivity index (χ1v) is 7.64. The van der Waals surface area contributed by atoms with Crippen LogP contribution in [0, 0.1) is 12.8 Å². The summed E-state index contributed by atoms with van der Waals surface area (Å²) in [5, 5.41) is 0. The second-order valence-electron chi connectivity index (χ2n) is 5.85. The van der Waals surface area contributed by atoms with Crippen molar-refractivity contribution in [3.05, 3.63) is 59.5 Å². The maximum absolute atomic E-state index is 12.2. The molecule has 1 aliphatic heterocycles. The summed E-state index contributed by atoms with van der Waals surface area (Å²) in [6.45, 7) is 3.02. The highest BCUT2D eigenvalue weighted by molar-refractivity contribution is 5.86. The van der Waals surface area contributed by atoms with E-state index >= 15 is 0 Å². The van der Waals surface area contributed by atoms with E-state index in [-0.39, 0.29) is 24.9 Å². The van der Waals surface area contributed by atoms with Gasteiger partial charge in [0.25, 0.3) is 0 Å². The van der Waals surface area contributed by atoms with Gasteiger partial charge in [0.2, 0.25) is 5.91 Å². The van der Waals surface area contributed by atoms with Gasteiger partial charge in [0.15, 0.2) is 0 Å². The number of carbonyl (C=O) groups excluding carboxylic acids is 2. The van der Waals surface area contributed by atoms with Crippen LogP contribution in [0.4, 0.5) is 0 Å². The maximum atomic E-state index is 12.2. The number of hydrogen-bond donors (Lipinski definition) is 0. The Morgan fingerprint density at radius 2 is 2.09 bits per heavy atom. The molecule has 5 heteroatoms. The second-order valence-corrected chi connectivity index (χ2v) is 5.85. The molecular formula is C18H19NO4. The predicted octanol–water partition coefficient (Wildman–Crippen LogP) is 2.68. The number of amides is 1. The summed E-state index contributed by atoms with van der Waals surface area (Å²) < 4.78 is 10.6. The molecule has 0 bridgehead atoms. The number of ether oxygens (including phenoxy) is 1. The average molecular weight is 313 g/mol. The fourth-order valence-corrected chi connectivity index (χ4v) is 2.63. The summed E-state index contributed by atoms with van der Waals surface area (Å²) in [5.74, 6) is -0.0468. The minimum Gasteiger partial charge on any atom is -0.467 e. The van der Waals surface area contributed by atoms with E-state index in [1.54, 1.807) is 17.2 Å². The van der Waals surface area contributed by atoms with Crippen molar-refractivity contribution in [2.24, 2.45) is 5.92 Å². The molecule has 1 aromatic carbocycles. The standard InChI is InChI=1S/C18H19NO4/c1-13-4-6-14(7-5-13)12-23-18(21)15-9-17(20)19(10-15)11-16-3-2-8-22-16/h2-8,15H,9-12H2,1H3/t15-/m1/s1. The van der Waals surface area contributed by atoms with Crippen molar-refractivity contribution in [1.82, 2.24) is 4.90 Å². The van der Waals surface area contributed by atoms with Crippen LogP contribution in [0.3, 0.4) is 0 Å². The zero-order valence-electron chi connectivity index (χ0n) is 13.0. The Bertz CT molecular complexity index is 676. The van der Waals surface area contributed by atoms with Crippen LogP contribution in [-0.4, -0.2) is 23.3 Å². The summed E-state index contributed by atoms with van der Waals surface area (Å²) in [7, 11) is 0. The topological polar surface area (TPSA) is 59.8 Å². The molecule has 2 aromatic rings. The van der Waals surface area contributed by atoms with Gasteiger partial charge in [-0.2, -0.15) is 0 Å². The summed E-state index contributed by atoms with van der Waals surface area (Å²) in [4.78, 5) is 25.8. The Morgan fingerprint density at radius 3 is 2.78 bits per heavy atom. The van der Waals surface area contributed by atoms with E-state index in [0.29, 0.717) is 18.8 Å². The summed E-state index contributed by atoms with van der Waals surface area (Å²) in [6.07, 6.45) is 1.77. The third-order valence-corrected chi connectivity index (χ3v) is 3.98. The van der Waals surface area contributed by atoms with E-state index in [0.717, 1.165) is 11.1 Å². The fourth-order valence-electron chi connectivity index (χ4n) is 2.63. The molecule has 120 valence electrons. The maximum Gasteiger partial charge on any atom is 0.311 e. The molecule has 1 atom stereocenters. The summed E-state index contributed by atoms with van der Waals surface area (Å²) in [5.41, 5.74) is 2.11. The highest BCUT2D eigenvalue weighted by Crippen LogP contribution is 2.22. The van der Waals surface area contributed by atoms with Crippen LogP contribution in [0.15, 0.2) is 47.1 Å². The number of rotatable bonds is 5. The van der Waals surface area contributed by atoms with Crippen molar-refractivity contribution >= 4 is 11.9 Å². The lowest BCUT2D eigenvalue weighted by Crippen LogP contribution is -2.26. The molecule has 1 fully saturated rings. The molecule has 5 nitrogen and oxygen atoms in total. The van der Waals surface area contributed by atoms with E-state index in [1.165, 1.54) is 0 Å². The van der Waals surface area contributed by atoms with Crippen molar-refractivity contribution in [3.8, 4) is 0 Å². The summed E-state index contributed by atoms with van der Waals surface area (Å²) in [6, 6.07) is 11.4. The van der Waals surface area contributed by atoms with Gasteiger partial charge in [-0.1, -0.05) is 29.8 Å². The van der Waals surface area contributed by atoms with Gasteiger partial charge in [0, 0.05) is 13.0 Å². The first-order valence-electron chi connectivity index (χ1n) is 7.64. The zero-order chi connectivity index (χ0) is 16.2. The number of carbonyl (C=O) groups is 2. The number of benzene rings is 1. The van der Waals surface area contributed by atoms with Crippen LogP contribution in [0.5, 0.6) is 0 Å². The van der Waals surface area contributed by atoms with Gasteiger partial charge >= 0.3 is 5.97 Å². The van der Waals surface area contributed by atoms with Crippen molar-refractivity contribution in [3.63, 3.8) is 0 Å². The van der Waals surface area contributed by atoms with Gasteiger partial charge in [-0.15, -0.1) is 0 Å². The normalized spacial score (nSPS) is 17.5. The first kappa shape index (κ1) is 15.3. The molecule has 3 rings (SSSR count). The molecule has 0 radical (unpaired) electrons. The quantitative estimate of drug-likeness (QED) is 0.796. The number of hydrogen-bond acceptors (Lipinski definition) is 4. The van der Waals surface area contributed by atoms with Gasteiger partial charge < -0.3 is 14.1 Å². The van der Waals surface area contributed by atoms with Crippen molar-refractivity contribution in [2.45, 2.75) is 26.5 Å². The Kier molecular flexibility index (Phi) is 4.46. The highest BCUT2D eigenvalue weighted by atomic mass is 16.5. The Hall–Kier alpha value is -2.56. The third-order valence-electron chi connectivity index (χ3n) is 3.98. The summed E-state index contributed by atoms with van der Waals surface area (Å²) >= 11 is 0. The fraction of sp³-hybridized carbons (Fsp3) is 0.333. The molecule has 0 aliphatic carbocycles. The van der Waals surface area contributed by atoms with Crippen LogP contribution >= 0.6 is 0 Å². The van der Waals surface area contributed by atoms with E-state index in [2.05, 4.69) is 0 Å². The monoisotopic (exact) mass is 313 g/mol. The van der Waals surface area contributed by atoms with Crippen LogP contribution in [0.1, 0.15) is 23.3 Å². The minimum absolute atomic E-state index is 0.0429. The zero-order valence-corrected chi connectivity index (χ0v) is 13.0. The van der Waals surface area contributed by atoms with Crippen LogP contribution in [0.2, 0.25) is 0 Å². The molecule has 0 unspecified atom stereocenters. The molecule has 1 amide bonds. The minimum atomic E-state index is -0.400. The molecule has 0 spiro atoms. The van der Waals surface area contributed by atoms with Crippen LogP contribution in [0.25, 0.3) is 0 Å². The van der Waals surface area contributed by atoms with Gasteiger partial charge in [-0.25, -0.2) is 0 Å². The number of esters is 1. The average Bonchev–Trinajstić information content (AvgIpc) is 3.17. The van der Waals surface area contributed by atoms with Gasteiger partial charge in [0.1, 0.15) is 12.4 Å². The molecular weight excluding hydrogens is 294 g/mol. The predicted molar refractivity (Wildman–Crippen MR) is 83.2 cm³/mol. The van der Waals surface area contributed by atoms with Gasteiger partial charge in [0.05, 0.1) is 18.7 Å². The molecule has 1 aliphatic rings. The van der Waals surface area contributed by atoms with Crippen LogP contribution in [-0.2, 0) is 27.5 Å². The SMILES string of the molecule is Cc1ccc(COC(=O)[C@@H]2CC(=O)N(Cc3ccco3)C2)cc1. The molecule has 1 aromatic heterocycles. The highest BCUT2D eigenvalue weighted by Gasteiger charge is 2.35. The molecule has 1 saturated heterocycles. The largest absolute Gasteiger partial charge is 0.467 e. The van der Waals surface area contributed by atoms with E-state index in [4.69, 9.17) is 9.15 Å².